The zero-order valence-corrected chi connectivity index (χ0v) is 5.29. The van der Waals surface area contributed by atoms with Crippen LogP contribution in [-0.2, 0) is 0 Å². The van der Waals surface area contributed by atoms with Gasteiger partial charge in [-0.25, -0.2) is 0 Å². The lowest BCUT2D eigenvalue weighted by Gasteiger charge is -1.89. The minimum absolute atomic E-state index is 0.121. The Morgan fingerprint density at radius 1 is 1.22 bits per heavy atom. The first-order valence-electron chi connectivity index (χ1n) is 2.86. The molecule has 2 heteroatoms. The first-order chi connectivity index (χ1) is 4.30. The molecule has 9 heavy (non-hydrogen) atoms. The number of rotatable bonds is 1. The Balaban J connectivity index is 2.98. The van der Waals surface area contributed by atoms with Crippen LogP contribution in [0.4, 0.5) is 0 Å². The van der Waals surface area contributed by atoms with E-state index >= 15 is 0 Å². The first-order valence-corrected chi connectivity index (χ1v) is 2.86. The molecule has 1 nitrogen and oxygen atoms in total. The maximum Gasteiger partial charge on any atom is 0.193 e. The molecule has 0 heterocycles. The predicted octanol–water partition coefficient (Wildman–Crippen LogP) is 0.460. The molecule has 0 radical (unpaired) electrons. The second-order valence-corrected chi connectivity index (χ2v) is 1.92. The van der Waals surface area contributed by atoms with Crippen molar-refractivity contribution in [1.29, 1.82) is 0 Å². The van der Waals surface area contributed by atoms with E-state index in [0.29, 0.717) is 0 Å². The van der Waals surface area contributed by atoms with E-state index < -0.39 is 0 Å². The predicted molar refractivity (Wildman–Crippen MR) is 39.3 cm³/mol. The fraction of sp³-hybridized carbons (Fsp3) is 0. The standard InChI is InChI=1S/C7H7BO/c8-7(9)6-4-2-1-3-5-6/h1-5H,8H2. The second-order valence-electron chi connectivity index (χ2n) is 1.92. The van der Waals surface area contributed by atoms with E-state index in [1.807, 2.05) is 30.3 Å². The highest BCUT2D eigenvalue weighted by Gasteiger charge is 1.92. The molecule has 0 spiro atoms. The highest BCUT2D eigenvalue weighted by atomic mass is 16.1. The SMILES string of the molecule is BC(=O)c1ccccc1. The zero-order chi connectivity index (χ0) is 6.69. The lowest BCUT2D eigenvalue weighted by Crippen LogP contribution is -1.94. The molecule has 44 valence electrons. The van der Waals surface area contributed by atoms with E-state index in [9.17, 15) is 4.79 Å². The molecule has 0 amide bonds. The molecule has 0 saturated carbocycles. The van der Waals surface area contributed by atoms with Gasteiger partial charge in [-0.3, -0.25) is 0 Å². The summed E-state index contributed by atoms with van der Waals surface area (Å²) in [6.45, 7) is 0. The van der Waals surface area contributed by atoms with Gasteiger partial charge in [0, 0.05) is 5.56 Å². The van der Waals surface area contributed by atoms with E-state index in [0.717, 1.165) is 5.56 Å². The third-order valence-corrected chi connectivity index (χ3v) is 1.18. The van der Waals surface area contributed by atoms with Crippen LogP contribution in [0.25, 0.3) is 0 Å². The average molecular weight is 118 g/mol. The smallest absolute Gasteiger partial charge is 0.193 e. The molecule has 1 rings (SSSR count). The Morgan fingerprint density at radius 2 is 1.78 bits per heavy atom. The maximum atomic E-state index is 10.6. The van der Waals surface area contributed by atoms with Crippen molar-refractivity contribution in [2.24, 2.45) is 0 Å². The van der Waals surface area contributed by atoms with Crippen LogP contribution in [0.15, 0.2) is 30.3 Å². The number of hydrogen-bond donors (Lipinski definition) is 0. The van der Waals surface area contributed by atoms with Crippen LogP contribution in [0.1, 0.15) is 10.4 Å². The van der Waals surface area contributed by atoms with Crippen molar-refractivity contribution in [2.75, 3.05) is 0 Å². The van der Waals surface area contributed by atoms with Gasteiger partial charge < -0.3 is 4.79 Å². The number of benzene rings is 1. The molecule has 0 atom stereocenters. The molecular formula is C7H7BO. The Bertz CT molecular complexity index is 205. The highest BCUT2D eigenvalue weighted by molar-refractivity contribution is 6.62. The van der Waals surface area contributed by atoms with E-state index in [-0.39, 0.29) is 5.68 Å². The summed E-state index contributed by atoms with van der Waals surface area (Å²) in [6.07, 6.45) is 0. The maximum absolute atomic E-state index is 10.6. The van der Waals surface area contributed by atoms with Crippen molar-refractivity contribution in [1.82, 2.24) is 0 Å². The van der Waals surface area contributed by atoms with Gasteiger partial charge in [0.25, 0.3) is 0 Å². The Labute approximate surface area is 55.1 Å². The third-order valence-electron chi connectivity index (χ3n) is 1.18. The van der Waals surface area contributed by atoms with Crippen LogP contribution in [-0.4, -0.2) is 13.5 Å². The molecule has 0 aliphatic rings. The molecule has 0 N–H and O–H groups in total. The average Bonchev–Trinajstić information content (AvgIpc) is 1.90. The molecule has 0 aliphatic heterocycles. The van der Waals surface area contributed by atoms with Crippen molar-refractivity contribution in [3.05, 3.63) is 35.9 Å². The third kappa shape index (κ3) is 1.42. The molecule has 0 aromatic heterocycles. The molecular weight excluding hydrogens is 111 g/mol. The minimum atomic E-state index is 0.121. The van der Waals surface area contributed by atoms with E-state index in [4.69, 9.17) is 0 Å². The van der Waals surface area contributed by atoms with Gasteiger partial charge in [-0.05, 0) is 0 Å². The second kappa shape index (κ2) is 2.49. The topological polar surface area (TPSA) is 17.1 Å². The van der Waals surface area contributed by atoms with Gasteiger partial charge in [-0.1, -0.05) is 30.3 Å². The summed E-state index contributed by atoms with van der Waals surface area (Å²) >= 11 is 0. The van der Waals surface area contributed by atoms with Crippen LogP contribution in [0.5, 0.6) is 0 Å². The normalized spacial score (nSPS) is 8.89. The van der Waals surface area contributed by atoms with Crippen LogP contribution in [0.3, 0.4) is 0 Å². The van der Waals surface area contributed by atoms with Crippen LogP contribution in [0.2, 0.25) is 0 Å². The Morgan fingerprint density at radius 3 is 2.11 bits per heavy atom. The van der Waals surface area contributed by atoms with Crippen molar-refractivity contribution < 1.29 is 4.79 Å². The number of carbonyl (C=O) groups is 1. The van der Waals surface area contributed by atoms with Gasteiger partial charge in [0.1, 0.15) is 5.68 Å². The summed E-state index contributed by atoms with van der Waals surface area (Å²) in [5, 5.41) is 0. The highest BCUT2D eigenvalue weighted by Crippen LogP contribution is 1.95. The number of carbonyl (C=O) groups excluding carboxylic acids is 1. The van der Waals surface area contributed by atoms with Gasteiger partial charge in [-0.2, -0.15) is 0 Å². The molecule has 0 unspecified atom stereocenters. The Kier molecular flexibility index (Phi) is 1.68. The van der Waals surface area contributed by atoms with Crippen LogP contribution in [0, 0.1) is 0 Å². The van der Waals surface area contributed by atoms with Gasteiger partial charge in [-0.15, -0.1) is 0 Å². The fourth-order valence-electron chi connectivity index (χ4n) is 0.673. The summed E-state index contributed by atoms with van der Waals surface area (Å²) in [5.74, 6) is 0. The number of hydrogen-bond acceptors (Lipinski definition) is 1. The van der Waals surface area contributed by atoms with Crippen molar-refractivity contribution in [2.45, 2.75) is 0 Å². The van der Waals surface area contributed by atoms with Crippen LogP contribution >= 0.6 is 0 Å². The molecule has 0 saturated heterocycles. The van der Waals surface area contributed by atoms with Crippen LogP contribution < -0.4 is 0 Å². The molecule has 1 aromatic rings. The largest absolute Gasteiger partial charge is 0.307 e. The summed E-state index contributed by atoms with van der Waals surface area (Å²) < 4.78 is 0. The van der Waals surface area contributed by atoms with E-state index in [1.54, 1.807) is 7.85 Å². The lowest BCUT2D eigenvalue weighted by atomic mass is 9.95. The van der Waals surface area contributed by atoms with Crippen molar-refractivity contribution in [3.8, 4) is 0 Å². The van der Waals surface area contributed by atoms with Crippen molar-refractivity contribution in [3.63, 3.8) is 0 Å². The molecule has 0 bridgehead atoms. The first kappa shape index (κ1) is 6.08. The Hall–Kier alpha value is -1.05. The summed E-state index contributed by atoms with van der Waals surface area (Å²) in [6, 6.07) is 9.23. The van der Waals surface area contributed by atoms with Crippen molar-refractivity contribution >= 4 is 13.5 Å². The van der Waals surface area contributed by atoms with Gasteiger partial charge >= 0.3 is 0 Å². The monoisotopic (exact) mass is 118 g/mol. The van der Waals surface area contributed by atoms with E-state index in [1.165, 1.54) is 0 Å². The zero-order valence-electron chi connectivity index (χ0n) is 5.29. The summed E-state index contributed by atoms with van der Waals surface area (Å²) in [7, 11) is 1.56. The molecule has 0 fully saturated rings. The van der Waals surface area contributed by atoms with Gasteiger partial charge in [0.2, 0.25) is 0 Å². The molecule has 0 aliphatic carbocycles. The minimum Gasteiger partial charge on any atom is -0.307 e. The van der Waals surface area contributed by atoms with E-state index in [2.05, 4.69) is 0 Å². The summed E-state index contributed by atoms with van der Waals surface area (Å²) in [4.78, 5) is 10.6. The van der Waals surface area contributed by atoms with Gasteiger partial charge in [0.05, 0.1) is 0 Å². The van der Waals surface area contributed by atoms with Gasteiger partial charge in [0.15, 0.2) is 7.85 Å². The quantitative estimate of drug-likeness (QED) is 0.489. The fourth-order valence-corrected chi connectivity index (χ4v) is 0.673. The lowest BCUT2D eigenvalue weighted by molar-refractivity contribution is 0.108. The molecule has 1 aromatic carbocycles. The summed E-state index contributed by atoms with van der Waals surface area (Å²) in [5.41, 5.74) is 0.896.